The number of carbonyl (C=O) groups excluding carboxylic acids is 2. The minimum absolute atomic E-state index is 0. The molecule has 1 aliphatic heterocycles. The molecule has 0 unspecified atom stereocenters. The molecule has 1 heterocycles. The van der Waals surface area contributed by atoms with Gasteiger partial charge in [-0.3, -0.25) is 4.79 Å². The van der Waals surface area contributed by atoms with Gasteiger partial charge in [-0.1, -0.05) is 12.2 Å². The van der Waals surface area contributed by atoms with Crippen LogP contribution in [0.1, 0.15) is 34.5 Å². The summed E-state index contributed by atoms with van der Waals surface area (Å²) in [4.78, 5) is 25.1. The van der Waals surface area contributed by atoms with Crippen molar-refractivity contribution in [2.45, 2.75) is 39.2 Å². The molecular weight excluding hydrogens is 349 g/mol. The molecule has 7 nitrogen and oxygen atoms in total. The van der Waals surface area contributed by atoms with Gasteiger partial charge in [0.25, 0.3) is 0 Å². The van der Waals surface area contributed by atoms with Crippen molar-refractivity contribution in [3.63, 3.8) is 0 Å². The van der Waals surface area contributed by atoms with Gasteiger partial charge in [-0.25, -0.2) is 4.79 Å². The Morgan fingerprint density at radius 2 is 1.96 bits per heavy atom. The average Bonchev–Trinajstić information content (AvgIpc) is 2.59. The van der Waals surface area contributed by atoms with Gasteiger partial charge in [-0.05, 0) is 26.7 Å². The summed E-state index contributed by atoms with van der Waals surface area (Å²) in [7, 11) is 0. The van der Waals surface area contributed by atoms with Crippen LogP contribution in [0.3, 0.4) is 0 Å². The Balaban J connectivity index is 0. The van der Waals surface area contributed by atoms with E-state index in [4.69, 9.17) is 18.9 Å². The van der Waals surface area contributed by atoms with Crippen molar-refractivity contribution in [3.05, 3.63) is 12.2 Å². The number of piperidine rings is 1. The summed E-state index contributed by atoms with van der Waals surface area (Å²) in [6, 6.07) is 0.105. The van der Waals surface area contributed by atoms with E-state index in [2.05, 4.69) is 0 Å². The zero-order valence-corrected chi connectivity index (χ0v) is 18.4. The van der Waals surface area contributed by atoms with E-state index >= 15 is 0 Å². The summed E-state index contributed by atoms with van der Waals surface area (Å²) in [5.74, 6) is -0.215. The second-order valence-electron chi connectivity index (χ2n) is 5.66. The van der Waals surface area contributed by atoms with Gasteiger partial charge >= 0.3 is 35.5 Å². The van der Waals surface area contributed by atoms with Crippen molar-refractivity contribution in [1.82, 2.24) is 4.90 Å². The molecule has 0 aromatic heterocycles. The van der Waals surface area contributed by atoms with Gasteiger partial charge in [-0.2, -0.15) is 0 Å². The Kier molecular flexibility index (Phi) is 16.4. The van der Waals surface area contributed by atoms with Gasteiger partial charge in [0.05, 0.1) is 39.1 Å². The van der Waals surface area contributed by atoms with Crippen LogP contribution in [0.25, 0.3) is 0 Å². The number of hydrogen-bond donors (Lipinski definition) is 0. The number of nitrogens with zero attached hydrogens (tertiary/aromatic N) is 1. The van der Waals surface area contributed by atoms with Crippen molar-refractivity contribution < 1.29 is 59.5 Å². The van der Waals surface area contributed by atoms with Gasteiger partial charge in [0.15, 0.2) is 0 Å². The molecule has 1 saturated heterocycles. The molecule has 146 valence electrons. The predicted molar refractivity (Wildman–Crippen MR) is 94.4 cm³/mol. The van der Waals surface area contributed by atoms with E-state index in [0.717, 1.165) is 12.8 Å². The molecule has 0 N–H and O–H groups in total. The molecule has 8 heteroatoms. The Morgan fingerprint density at radius 1 is 1.19 bits per heavy atom. The summed E-state index contributed by atoms with van der Waals surface area (Å²) in [5, 5.41) is 0. The predicted octanol–water partition coefficient (Wildman–Crippen LogP) is -1.33. The van der Waals surface area contributed by atoms with Gasteiger partial charge < -0.3 is 25.3 Å². The first-order chi connectivity index (χ1) is 12.2. The molecule has 0 aromatic rings. The standard InChI is InChI=1S/C18H31NO6.Na.H/c1-3-22-12-13-24-14-16-8-7-9-17(20)19(16)10-5-6-11-23-15-18(21)25-4-2;;/h5-6,16H,3-4,7-15H2,1-2H3;;/q;+1;-1/b6-5-;;/t16-;;/m1../s1. The molecule has 0 aliphatic carbocycles. The molecule has 0 radical (unpaired) electrons. The largest absolute Gasteiger partial charge is 1.00 e. The number of ether oxygens (including phenoxy) is 4. The first-order valence-electron chi connectivity index (χ1n) is 9.02. The molecule has 26 heavy (non-hydrogen) atoms. The zero-order valence-electron chi connectivity index (χ0n) is 17.4. The van der Waals surface area contributed by atoms with Gasteiger partial charge in [-0.15, -0.1) is 0 Å². The van der Waals surface area contributed by atoms with Crippen LogP contribution < -0.4 is 29.6 Å². The molecule has 1 rings (SSSR count). The smallest absolute Gasteiger partial charge is 1.00 e. The van der Waals surface area contributed by atoms with Crippen LogP contribution in [0, 0.1) is 0 Å². The maximum atomic E-state index is 12.1. The van der Waals surface area contributed by atoms with E-state index in [1.165, 1.54) is 0 Å². The van der Waals surface area contributed by atoms with Crippen molar-refractivity contribution in [2.24, 2.45) is 0 Å². The minimum atomic E-state index is -0.369. The van der Waals surface area contributed by atoms with Crippen molar-refractivity contribution in [2.75, 3.05) is 52.8 Å². The van der Waals surface area contributed by atoms with Crippen LogP contribution in [0.4, 0.5) is 0 Å². The van der Waals surface area contributed by atoms with E-state index in [0.29, 0.717) is 52.6 Å². The Bertz CT molecular complexity index is 425. The van der Waals surface area contributed by atoms with Crippen molar-refractivity contribution in [3.8, 4) is 0 Å². The molecular formula is C18H32NNaO6. The SMILES string of the molecule is CCOCCOC[C@H]1CCCC(=O)N1C/C=C\COCC(=O)OCC.[H-].[Na+]. The van der Waals surface area contributed by atoms with E-state index in [1.807, 2.05) is 24.0 Å². The third-order valence-electron chi connectivity index (χ3n) is 3.78. The molecule has 0 bridgehead atoms. The van der Waals surface area contributed by atoms with Crippen LogP contribution in [0.2, 0.25) is 0 Å². The molecule has 0 aromatic carbocycles. The van der Waals surface area contributed by atoms with Crippen LogP contribution in [-0.2, 0) is 28.5 Å². The number of hydrogen-bond acceptors (Lipinski definition) is 6. The maximum Gasteiger partial charge on any atom is 1.00 e. The Hall–Kier alpha value is -0.440. The Labute approximate surface area is 180 Å². The number of carbonyl (C=O) groups is 2. The van der Waals surface area contributed by atoms with Crippen LogP contribution in [0.5, 0.6) is 0 Å². The second kappa shape index (κ2) is 16.7. The van der Waals surface area contributed by atoms with Crippen molar-refractivity contribution in [1.29, 1.82) is 0 Å². The van der Waals surface area contributed by atoms with Crippen LogP contribution >= 0.6 is 0 Å². The number of likely N-dealkylation sites (tertiary alicyclic amines) is 1. The summed E-state index contributed by atoms with van der Waals surface area (Å²) >= 11 is 0. The fourth-order valence-corrected chi connectivity index (χ4v) is 2.57. The summed E-state index contributed by atoms with van der Waals surface area (Å²) in [6.07, 6.45) is 6.15. The molecule has 1 aliphatic rings. The summed E-state index contributed by atoms with van der Waals surface area (Å²) in [6.45, 7) is 7.18. The van der Waals surface area contributed by atoms with E-state index < -0.39 is 0 Å². The average molecular weight is 381 g/mol. The first kappa shape index (κ1) is 25.6. The number of rotatable bonds is 13. The monoisotopic (exact) mass is 381 g/mol. The van der Waals surface area contributed by atoms with Gasteiger partial charge in [0, 0.05) is 19.6 Å². The van der Waals surface area contributed by atoms with E-state index in [-0.39, 0.29) is 55.5 Å². The quantitative estimate of drug-likeness (QED) is 0.170. The van der Waals surface area contributed by atoms with E-state index in [1.54, 1.807) is 6.92 Å². The van der Waals surface area contributed by atoms with Crippen LogP contribution in [0.15, 0.2) is 12.2 Å². The maximum absolute atomic E-state index is 12.1. The molecule has 0 saturated carbocycles. The zero-order chi connectivity index (χ0) is 18.3. The minimum Gasteiger partial charge on any atom is -1.00 e. The van der Waals surface area contributed by atoms with Gasteiger partial charge in [0.2, 0.25) is 5.91 Å². The molecule has 1 amide bonds. The summed E-state index contributed by atoms with van der Waals surface area (Å²) < 4.78 is 20.8. The van der Waals surface area contributed by atoms with Crippen molar-refractivity contribution >= 4 is 11.9 Å². The fourth-order valence-electron chi connectivity index (χ4n) is 2.57. The van der Waals surface area contributed by atoms with E-state index in [9.17, 15) is 9.59 Å². The number of amides is 1. The first-order valence-corrected chi connectivity index (χ1v) is 9.02. The molecule has 1 fully saturated rings. The van der Waals surface area contributed by atoms with Crippen LogP contribution in [-0.4, -0.2) is 75.6 Å². The Morgan fingerprint density at radius 3 is 2.69 bits per heavy atom. The normalized spacial score (nSPS) is 17.4. The molecule has 1 atom stereocenters. The fraction of sp³-hybridized carbons (Fsp3) is 0.778. The molecule has 0 spiro atoms. The van der Waals surface area contributed by atoms with Gasteiger partial charge in [0.1, 0.15) is 6.61 Å². The number of esters is 1. The second-order valence-corrected chi connectivity index (χ2v) is 5.66. The third-order valence-corrected chi connectivity index (χ3v) is 3.78. The third kappa shape index (κ3) is 11.3. The summed E-state index contributed by atoms with van der Waals surface area (Å²) in [5.41, 5.74) is 0. The topological polar surface area (TPSA) is 74.3 Å².